The fraction of sp³-hybridized carbons (Fsp3) is 0.559. The number of aliphatic carboxylic acids is 1. The van der Waals surface area contributed by atoms with E-state index in [0.29, 0.717) is 62.1 Å². The van der Waals surface area contributed by atoms with E-state index in [0.717, 1.165) is 5.56 Å². The zero-order valence-corrected chi connectivity index (χ0v) is 26.2. The summed E-state index contributed by atoms with van der Waals surface area (Å²) in [6.45, 7) is 4.33. The first-order valence-corrected chi connectivity index (χ1v) is 16.0. The quantitative estimate of drug-likeness (QED) is 0.362. The molecule has 3 atom stereocenters. The van der Waals surface area contributed by atoms with E-state index in [2.05, 4.69) is 24.1 Å². The molecule has 2 bridgehead atoms. The number of carbonyl (C=O) groups excluding carboxylic acids is 2. The molecule has 9 heteroatoms. The lowest BCUT2D eigenvalue weighted by Crippen LogP contribution is -2.68. The number of halogens is 3. The largest absolute Gasteiger partial charge is 0.481 e. The van der Waals surface area contributed by atoms with Gasteiger partial charge in [0, 0.05) is 28.6 Å². The van der Waals surface area contributed by atoms with Gasteiger partial charge < -0.3 is 10.4 Å². The average molecular weight is 628 g/mol. The molecule has 2 aliphatic heterocycles. The lowest BCUT2D eigenvalue weighted by atomic mass is 9.46. The number of fused-ring (bicyclic) bond motifs is 6. The highest BCUT2D eigenvalue weighted by Crippen LogP contribution is 2.72. The Labute approximate surface area is 261 Å². The molecule has 4 saturated carbocycles. The van der Waals surface area contributed by atoms with Crippen LogP contribution in [-0.2, 0) is 19.8 Å². The molecule has 8 rings (SSSR count). The van der Waals surface area contributed by atoms with Gasteiger partial charge in [-0.2, -0.15) is 0 Å². The Balaban J connectivity index is 1.39. The number of carbonyl (C=O) groups is 3. The number of hydrogen-bond acceptors (Lipinski definition) is 4. The van der Waals surface area contributed by atoms with Gasteiger partial charge in [-0.1, -0.05) is 55.2 Å². The molecule has 2 heterocycles. The van der Waals surface area contributed by atoms with Gasteiger partial charge in [-0.3, -0.25) is 19.3 Å². The SMILES string of the molecule is CN1[C@@H](C(=O)CC23CCC(C(=O)O)(CC2)CC3)[C@H](c2cccc(Cl)c2F)[C@]2(C(=O)Nc3cc(Cl)ccc32)C12CC(C)(C)C2. The number of carboxylic acids is 1. The van der Waals surface area contributed by atoms with E-state index >= 15 is 4.39 Å². The van der Waals surface area contributed by atoms with Crippen LogP contribution in [0.1, 0.15) is 88.7 Å². The minimum atomic E-state index is -1.25. The first-order chi connectivity index (χ1) is 20.2. The molecule has 1 saturated heterocycles. The third-order valence-corrected chi connectivity index (χ3v) is 12.7. The highest BCUT2D eigenvalue weighted by atomic mass is 35.5. The van der Waals surface area contributed by atoms with Gasteiger partial charge in [-0.15, -0.1) is 0 Å². The van der Waals surface area contributed by atoms with E-state index < -0.39 is 40.1 Å². The highest BCUT2D eigenvalue weighted by molar-refractivity contribution is 6.31. The molecule has 2 aromatic carbocycles. The fourth-order valence-corrected chi connectivity index (χ4v) is 10.7. The van der Waals surface area contributed by atoms with Crippen LogP contribution in [0.5, 0.6) is 0 Å². The van der Waals surface area contributed by atoms with E-state index in [1.54, 1.807) is 24.3 Å². The lowest BCUT2D eigenvalue weighted by Gasteiger charge is -2.61. The first-order valence-electron chi connectivity index (χ1n) is 15.3. The van der Waals surface area contributed by atoms with E-state index in [1.807, 2.05) is 13.1 Å². The van der Waals surface area contributed by atoms with Crippen LogP contribution in [0.25, 0.3) is 0 Å². The smallest absolute Gasteiger partial charge is 0.309 e. The molecule has 4 aliphatic carbocycles. The summed E-state index contributed by atoms with van der Waals surface area (Å²) in [5.74, 6) is -2.44. The molecule has 228 valence electrons. The number of carboxylic acid groups (broad SMARTS) is 1. The molecule has 6 nitrogen and oxygen atoms in total. The lowest BCUT2D eigenvalue weighted by molar-refractivity contribution is -0.160. The molecule has 0 aromatic heterocycles. The summed E-state index contributed by atoms with van der Waals surface area (Å²) in [7, 11) is 1.93. The van der Waals surface area contributed by atoms with Gasteiger partial charge in [-0.05, 0) is 98.6 Å². The second kappa shape index (κ2) is 9.27. The number of rotatable bonds is 5. The molecular weight excluding hydrogens is 590 g/mol. The molecule has 5 fully saturated rings. The number of amides is 1. The summed E-state index contributed by atoms with van der Waals surface area (Å²) in [5, 5.41) is 13.4. The number of likely N-dealkylation sites (N-methyl/N-ethyl adjacent to an activating group) is 1. The van der Waals surface area contributed by atoms with Crippen LogP contribution in [0.3, 0.4) is 0 Å². The van der Waals surface area contributed by atoms with Crippen molar-refractivity contribution in [1.29, 1.82) is 0 Å². The molecular formula is C34H37Cl2FN2O4. The van der Waals surface area contributed by atoms with Gasteiger partial charge in [0.25, 0.3) is 0 Å². The minimum absolute atomic E-state index is 0.0206. The maximum absolute atomic E-state index is 16.2. The Hall–Kier alpha value is -2.48. The van der Waals surface area contributed by atoms with Crippen molar-refractivity contribution < 1.29 is 23.9 Å². The Bertz CT molecular complexity index is 1560. The summed E-state index contributed by atoms with van der Waals surface area (Å²) < 4.78 is 16.2. The van der Waals surface area contributed by atoms with Crippen LogP contribution < -0.4 is 5.32 Å². The number of nitrogens with one attached hydrogen (secondary N) is 1. The van der Waals surface area contributed by atoms with Gasteiger partial charge >= 0.3 is 5.97 Å². The Morgan fingerprint density at radius 3 is 2.30 bits per heavy atom. The number of ketones is 1. The van der Waals surface area contributed by atoms with E-state index in [1.165, 1.54) is 6.07 Å². The average Bonchev–Trinajstić information content (AvgIpc) is 3.35. The standard InChI is InChI=1S/C34H37Cl2FN2O4/c1-30(2)17-33(18-30)34(21-8-7-19(35)15-23(21)38-28(34)41)25(20-5-4-6-22(36)26(20)37)27(39(33)3)24(40)16-31-9-12-32(13-10-31,14-11-31)29(42)43/h4-8,15,25,27H,9-14,16-18H2,1-3H3,(H,38,41)(H,42,43)/t25-,27-,31?,32?,34+/m0/s1. The van der Waals surface area contributed by atoms with Crippen LogP contribution in [0.4, 0.5) is 10.1 Å². The summed E-state index contributed by atoms with van der Waals surface area (Å²) in [4.78, 5) is 43.6. The minimum Gasteiger partial charge on any atom is -0.481 e. The van der Waals surface area contributed by atoms with E-state index in [9.17, 15) is 19.5 Å². The van der Waals surface area contributed by atoms with Gasteiger partial charge in [0.15, 0.2) is 5.78 Å². The van der Waals surface area contributed by atoms with Gasteiger partial charge in [0.2, 0.25) is 5.91 Å². The Kier molecular flexibility index (Phi) is 6.31. The number of likely N-dealkylation sites (tertiary alicyclic amines) is 1. The fourth-order valence-electron chi connectivity index (χ4n) is 10.3. The van der Waals surface area contributed by atoms with Crippen molar-refractivity contribution in [3.05, 3.63) is 63.4 Å². The molecule has 43 heavy (non-hydrogen) atoms. The molecule has 2 spiro atoms. The van der Waals surface area contributed by atoms with Crippen LogP contribution >= 0.6 is 23.2 Å². The highest BCUT2D eigenvalue weighted by Gasteiger charge is 2.79. The van der Waals surface area contributed by atoms with Crippen molar-refractivity contribution in [3.63, 3.8) is 0 Å². The van der Waals surface area contributed by atoms with Crippen molar-refractivity contribution in [2.75, 3.05) is 12.4 Å². The summed E-state index contributed by atoms with van der Waals surface area (Å²) in [6.07, 6.45) is 5.35. The first kappa shape index (κ1) is 29.2. The monoisotopic (exact) mass is 626 g/mol. The summed E-state index contributed by atoms with van der Waals surface area (Å²) in [6, 6.07) is 9.44. The predicted molar refractivity (Wildman–Crippen MR) is 163 cm³/mol. The Morgan fingerprint density at radius 2 is 1.70 bits per heavy atom. The third-order valence-electron chi connectivity index (χ3n) is 12.2. The van der Waals surface area contributed by atoms with Crippen molar-refractivity contribution in [1.82, 2.24) is 4.90 Å². The molecule has 0 radical (unpaired) electrons. The number of Topliss-reactive ketones (excluding diaryl/α,β-unsaturated/α-hetero) is 1. The van der Waals surface area contributed by atoms with Gasteiger partial charge in [-0.25, -0.2) is 4.39 Å². The second-order valence-electron chi connectivity index (χ2n) is 14.9. The van der Waals surface area contributed by atoms with Crippen molar-refractivity contribution in [2.24, 2.45) is 16.2 Å². The molecule has 2 aromatic rings. The third kappa shape index (κ3) is 3.77. The van der Waals surface area contributed by atoms with Crippen molar-refractivity contribution in [2.45, 2.75) is 94.5 Å². The number of benzene rings is 2. The number of hydrogen-bond donors (Lipinski definition) is 2. The zero-order valence-electron chi connectivity index (χ0n) is 24.7. The normalized spacial score (nSPS) is 35.2. The zero-order chi connectivity index (χ0) is 30.7. The van der Waals surface area contributed by atoms with Crippen LogP contribution in [0, 0.1) is 22.1 Å². The predicted octanol–water partition coefficient (Wildman–Crippen LogP) is 7.36. The Morgan fingerprint density at radius 1 is 1.05 bits per heavy atom. The van der Waals surface area contributed by atoms with Gasteiger partial charge in [0.1, 0.15) is 11.2 Å². The topological polar surface area (TPSA) is 86.7 Å². The van der Waals surface area contributed by atoms with Crippen LogP contribution in [-0.4, -0.2) is 46.3 Å². The molecule has 0 unspecified atom stereocenters. The van der Waals surface area contributed by atoms with Crippen molar-refractivity contribution in [3.8, 4) is 0 Å². The maximum atomic E-state index is 16.2. The second-order valence-corrected chi connectivity index (χ2v) is 15.8. The van der Waals surface area contributed by atoms with Crippen molar-refractivity contribution >= 4 is 46.5 Å². The van der Waals surface area contributed by atoms with E-state index in [4.69, 9.17) is 23.2 Å². The molecule has 6 aliphatic rings. The summed E-state index contributed by atoms with van der Waals surface area (Å²) in [5.41, 5.74) is -1.43. The van der Waals surface area contributed by atoms with Crippen LogP contribution in [0.2, 0.25) is 10.0 Å². The maximum Gasteiger partial charge on any atom is 0.309 e. The number of nitrogens with zero attached hydrogens (tertiary/aromatic N) is 1. The van der Waals surface area contributed by atoms with Gasteiger partial charge in [0.05, 0.1) is 16.5 Å². The van der Waals surface area contributed by atoms with Crippen LogP contribution in [0.15, 0.2) is 36.4 Å². The molecule has 2 N–H and O–H groups in total. The van der Waals surface area contributed by atoms with E-state index in [-0.39, 0.29) is 39.5 Å². The number of anilines is 1. The molecule has 1 amide bonds. The summed E-state index contributed by atoms with van der Waals surface area (Å²) >= 11 is 12.8.